The Balaban J connectivity index is 1.54. The smallest absolute Gasteiger partial charge is 0.192 e. The van der Waals surface area contributed by atoms with Crippen molar-refractivity contribution in [2.45, 2.75) is 110 Å². The average molecular weight is 461 g/mol. The van der Waals surface area contributed by atoms with Gasteiger partial charge in [-0.2, -0.15) is 0 Å². The van der Waals surface area contributed by atoms with Gasteiger partial charge in [-0.15, -0.1) is 0 Å². The summed E-state index contributed by atoms with van der Waals surface area (Å²) in [5, 5.41) is 11.9. The lowest BCUT2D eigenvalue weighted by Gasteiger charge is -2.58. The third-order valence-electron chi connectivity index (χ3n) is 11.0. The lowest BCUT2D eigenvalue weighted by atomic mass is 9.46. The summed E-state index contributed by atoms with van der Waals surface area (Å²) < 4.78 is 6.33. The molecular weight excluding hydrogens is 416 g/mol. The molecule has 0 radical (unpaired) electrons. The summed E-state index contributed by atoms with van der Waals surface area (Å²) in [4.78, 5) is 25.6. The van der Waals surface area contributed by atoms with Crippen molar-refractivity contribution in [3.05, 3.63) is 11.6 Å². The second-order valence-corrected chi connectivity index (χ2v) is 16.6. The largest absolute Gasteiger partial charge is 0.409 e. The van der Waals surface area contributed by atoms with Crippen LogP contribution in [0.3, 0.4) is 0 Å². The first-order chi connectivity index (χ1) is 15.1. The molecule has 0 unspecified atom stereocenters. The predicted molar refractivity (Wildman–Crippen MR) is 130 cm³/mol. The zero-order valence-corrected chi connectivity index (χ0v) is 22.0. The van der Waals surface area contributed by atoms with E-state index in [9.17, 15) is 14.7 Å². The molecule has 6 atom stereocenters. The number of rotatable bonds is 7. The molecule has 4 aliphatic rings. The van der Waals surface area contributed by atoms with Crippen molar-refractivity contribution in [2.75, 3.05) is 6.61 Å². The van der Waals surface area contributed by atoms with Crippen molar-refractivity contribution in [1.29, 1.82) is 0 Å². The molecule has 5 heteroatoms. The highest BCUT2D eigenvalue weighted by atomic mass is 28.4. The molecule has 0 aromatic carbocycles. The molecule has 0 bridgehead atoms. The zero-order chi connectivity index (χ0) is 23.4. The Morgan fingerprint density at radius 1 is 1.03 bits per heavy atom. The first-order valence-corrected chi connectivity index (χ1v) is 15.8. The number of hydrogen-bond acceptors (Lipinski definition) is 4. The van der Waals surface area contributed by atoms with Gasteiger partial charge in [0.25, 0.3) is 0 Å². The molecule has 3 fully saturated rings. The Hall–Kier alpha value is -0.783. The van der Waals surface area contributed by atoms with Crippen molar-refractivity contribution < 1.29 is 19.1 Å². The molecule has 4 nitrogen and oxygen atoms in total. The number of carbonyl (C=O) groups is 2. The molecule has 1 N–H and O–H groups in total. The van der Waals surface area contributed by atoms with Crippen LogP contribution in [0, 0.1) is 28.6 Å². The second-order valence-electron chi connectivity index (χ2n) is 11.8. The zero-order valence-electron chi connectivity index (χ0n) is 21.0. The maximum Gasteiger partial charge on any atom is 0.192 e. The fraction of sp³-hybridized carbons (Fsp3) is 0.852. The van der Waals surface area contributed by atoms with Gasteiger partial charge in [0.05, 0.1) is 6.61 Å². The van der Waals surface area contributed by atoms with E-state index in [0.717, 1.165) is 56.7 Å². The van der Waals surface area contributed by atoms with Gasteiger partial charge in [-0.3, -0.25) is 9.59 Å². The Morgan fingerprint density at radius 3 is 2.34 bits per heavy atom. The molecule has 0 heterocycles. The van der Waals surface area contributed by atoms with E-state index in [1.54, 1.807) is 0 Å². The quantitative estimate of drug-likeness (QED) is 0.485. The number of ketones is 2. The van der Waals surface area contributed by atoms with Crippen LogP contribution in [0.1, 0.15) is 86.0 Å². The number of carbonyl (C=O) groups excluding carboxylic acids is 2. The molecule has 4 rings (SSSR count). The van der Waals surface area contributed by atoms with Crippen LogP contribution in [0.2, 0.25) is 18.1 Å². The van der Waals surface area contributed by atoms with E-state index < -0.39 is 13.9 Å². The molecule has 3 saturated carbocycles. The normalized spacial score (nSPS) is 41.5. The monoisotopic (exact) mass is 460 g/mol. The van der Waals surface area contributed by atoms with Gasteiger partial charge < -0.3 is 9.53 Å². The minimum Gasteiger partial charge on any atom is -0.409 e. The molecule has 0 spiro atoms. The van der Waals surface area contributed by atoms with Crippen LogP contribution < -0.4 is 0 Å². The lowest BCUT2D eigenvalue weighted by molar-refractivity contribution is -0.164. The topological polar surface area (TPSA) is 63.6 Å². The highest BCUT2D eigenvalue weighted by molar-refractivity contribution is 6.73. The van der Waals surface area contributed by atoms with Gasteiger partial charge in [-0.1, -0.05) is 40.2 Å². The van der Waals surface area contributed by atoms with E-state index in [4.69, 9.17) is 4.43 Å². The molecule has 180 valence electrons. The van der Waals surface area contributed by atoms with Crippen LogP contribution >= 0.6 is 0 Å². The summed E-state index contributed by atoms with van der Waals surface area (Å²) in [6.45, 7) is 11.2. The molecule has 0 aromatic rings. The highest BCUT2D eigenvalue weighted by Gasteiger charge is 2.66. The van der Waals surface area contributed by atoms with Gasteiger partial charge in [0.15, 0.2) is 19.9 Å². The summed E-state index contributed by atoms with van der Waals surface area (Å²) >= 11 is 0. The van der Waals surface area contributed by atoms with Gasteiger partial charge in [-0.25, -0.2) is 0 Å². The Bertz CT molecular complexity index is 793. The lowest BCUT2D eigenvalue weighted by Crippen LogP contribution is -2.58. The summed E-state index contributed by atoms with van der Waals surface area (Å²) in [7, 11) is -1.86. The first-order valence-electron chi connectivity index (χ1n) is 13.2. The van der Waals surface area contributed by atoms with Crippen molar-refractivity contribution in [2.24, 2.45) is 28.6 Å². The molecule has 0 aromatic heterocycles. The third-order valence-corrected chi connectivity index (χ3v) is 15.6. The first kappa shape index (κ1) is 24.3. The second kappa shape index (κ2) is 8.46. The highest BCUT2D eigenvalue weighted by Crippen LogP contribution is 2.67. The summed E-state index contributed by atoms with van der Waals surface area (Å²) in [5.41, 5.74) is -0.111. The molecule has 32 heavy (non-hydrogen) atoms. The van der Waals surface area contributed by atoms with Gasteiger partial charge in [-0.05, 0) is 92.3 Å². The van der Waals surface area contributed by atoms with Crippen LogP contribution in [-0.4, -0.2) is 37.2 Å². The Morgan fingerprint density at radius 2 is 1.69 bits per heavy atom. The number of allylic oxidation sites excluding steroid dienone is 1. The van der Waals surface area contributed by atoms with Crippen molar-refractivity contribution >= 4 is 19.9 Å². The molecule has 4 aliphatic carbocycles. The predicted octanol–water partition coefficient (Wildman–Crippen LogP) is 5.84. The number of Topliss-reactive ketones (excluding diaryl/α,β-unsaturated/α-hetero) is 1. The maximum absolute atomic E-state index is 13.5. The minimum atomic E-state index is -1.86. The number of fused-ring (bicyclic) bond motifs is 5. The Kier molecular flexibility index (Phi) is 6.44. The fourth-order valence-corrected chi connectivity index (χ4v) is 11.0. The summed E-state index contributed by atoms with van der Waals surface area (Å²) in [6, 6.07) is 3.06. The van der Waals surface area contributed by atoms with Crippen LogP contribution in [0.15, 0.2) is 11.6 Å². The van der Waals surface area contributed by atoms with Crippen molar-refractivity contribution in [3.8, 4) is 0 Å². The van der Waals surface area contributed by atoms with Gasteiger partial charge >= 0.3 is 0 Å². The molecule has 0 aliphatic heterocycles. The van der Waals surface area contributed by atoms with E-state index in [0.29, 0.717) is 36.4 Å². The number of hydrogen-bond donors (Lipinski definition) is 1. The SMILES string of the molecule is CC[Si](CC)(CC)OCC(=O)[C@@]1(O)CC[C@H]2[C@@H]3CCC4=CC(=O)CC[C@]4(C)[C@H]3CC[C@@]21C. The van der Waals surface area contributed by atoms with Crippen LogP contribution in [0.25, 0.3) is 0 Å². The van der Waals surface area contributed by atoms with Crippen LogP contribution in [-0.2, 0) is 14.0 Å². The van der Waals surface area contributed by atoms with E-state index in [2.05, 4.69) is 34.6 Å². The van der Waals surface area contributed by atoms with Crippen LogP contribution in [0.5, 0.6) is 0 Å². The molecule has 0 amide bonds. The van der Waals surface area contributed by atoms with Gasteiger partial charge in [0.1, 0.15) is 5.60 Å². The van der Waals surface area contributed by atoms with Crippen LogP contribution in [0.4, 0.5) is 0 Å². The Labute approximate surface area is 195 Å². The standard InChI is InChI=1S/C27H44O4Si/c1-6-32(7-2,8-3)31-18-24(29)27(30)16-13-23-21-10-9-19-17-20(28)11-14-25(19,4)22(21)12-15-26(23,27)5/h17,21-23,30H,6-16,18H2,1-5H3/t21-,22+,23+,25+,26+,27+/m1/s1. The maximum atomic E-state index is 13.5. The van der Waals surface area contributed by atoms with E-state index in [1.807, 2.05) is 6.08 Å². The van der Waals surface area contributed by atoms with E-state index in [1.165, 1.54) is 5.57 Å². The number of aliphatic hydroxyl groups is 1. The molecule has 0 saturated heterocycles. The fourth-order valence-electron chi connectivity index (χ4n) is 8.43. The van der Waals surface area contributed by atoms with Gasteiger partial charge in [0, 0.05) is 11.8 Å². The summed E-state index contributed by atoms with van der Waals surface area (Å²) in [6.07, 6.45) is 9.15. The van der Waals surface area contributed by atoms with Crippen molar-refractivity contribution in [1.82, 2.24) is 0 Å². The summed E-state index contributed by atoms with van der Waals surface area (Å²) in [5.74, 6) is 1.73. The molecular formula is C27H44O4Si. The third kappa shape index (κ3) is 3.44. The van der Waals surface area contributed by atoms with E-state index >= 15 is 0 Å². The average Bonchev–Trinajstić information content (AvgIpc) is 3.07. The van der Waals surface area contributed by atoms with Crippen molar-refractivity contribution in [3.63, 3.8) is 0 Å². The van der Waals surface area contributed by atoms with E-state index in [-0.39, 0.29) is 23.2 Å². The van der Waals surface area contributed by atoms with Gasteiger partial charge in [0.2, 0.25) is 0 Å². The minimum absolute atomic E-state index is 0.0703.